The van der Waals surface area contributed by atoms with Crippen molar-refractivity contribution in [3.05, 3.63) is 60.2 Å². The summed E-state index contributed by atoms with van der Waals surface area (Å²) >= 11 is 0. The number of hydrogen-bond donors (Lipinski definition) is 0. The second kappa shape index (κ2) is 6.32. The van der Waals surface area contributed by atoms with Gasteiger partial charge in [-0.1, -0.05) is 38.1 Å². The topological polar surface area (TPSA) is 47.8 Å². The number of nitrogens with zero attached hydrogens (tertiary/aromatic N) is 3. The first-order valence-electron chi connectivity index (χ1n) is 7.96. The Bertz CT molecular complexity index is 818. The summed E-state index contributed by atoms with van der Waals surface area (Å²) in [5, 5.41) is 0.875. The molecule has 118 valence electrons. The predicted molar refractivity (Wildman–Crippen MR) is 91.6 cm³/mol. The Morgan fingerprint density at radius 1 is 1.13 bits per heavy atom. The third kappa shape index (κ3) is 3.16. The van der Waals surface area contributed by atoms with E-state index in [1.807, 2.05) is 13.0 Å². The van der Waals surface area contributed by atoms with Crippen LogP contribution in [0.5, 0.6) is 0 Å². The normalized spacial score (nSPS) is 12.7. The first-order chi connectivity index (χ1) is 11.1. The number of rotatable bonds is 4. The van der Waals surface area contributed by atoms with Crippen LogP contribution in [0.25, 0.3) is 11.0 Å². The van der Waals surface area contributed by atoms with Crippen LogP contribution in [-0.2, 0) is 6.42 Å². The molecule has 1 unspecified atom stereocenters. The van der Waals surface area contributed by atoms with Crippen LogP contribution in [-0.4, -0.2) is 20.4 Å². The molecule has 0 aliphatic rings. The number of hydrogen-bond acceptors (Lipinski definition) is 3. The van der Waals surface area contributed by atoms with Gasteiger partial charge in [0, 0.05) is 17.8 Å². The summed E-state index contributed by atoms with van der Waals surface area (Å²) < 4.78 is 1.61. The van der Waals surface area contributed by atoms with Crippen molar-refractivity contribution in [3.8, 4) is 0 Å². The monoisotopic (exact) mass is 307 g/mol. The molecule has 0 radical (unpaired) electrons. The lowest BCUT2D eigenvalue weighted by atomic mass is 9.96. The fourth-order valence-electron chi connectivity index (χ4n) is 2.82. The minimum absolute atomic E-state index is 0.0234. The van der Waals surface area contributed by atoms with Gasteiger partial charge in [0.1, 0.15) is 12.0 Å². The van der Waals surface area contributed by atoms with Crippen molar-refractivity contribution in [1.82, 2.24) is 14.5 Å². The smallest absolute Gasteiger partial charge is 0.239 e. The summed E-state index contributed by atoms with van der Waals surface area (Å²) in [6.45, 7) is 6.35. The van der Waals surface area contributed by atoms with Gasteiger partial charge < -0.3 is 0 Å². The minimum atomic E-state index is -0.214. The molecular weight excluding hydrogens is 286 g/mol. The Hall–Kier alpha value is -2.49. The first-order valence-corrected chi connectivity index (χ1v) is 7.96. The highest BCUT2D eigenvalue weighted by atomic mass is 16.2. The molecule has 0 spiro atoms. The van der Waals surface area contributed by atoms with Crippen molar-refractivity contribution >= 4 is 16.9 Å². The number of fused-ring (bicyclic) bond motifs is 1. The van der Waals surface area contributed by atoms with Gasteiger partial charge in [-0.2, -0.15) is 0 Å². The summed E-state index contributed by atoms with van der Waals surface area (Å²) in [6.07, 6.45) is 6.02. The van der Waals surface area contributed by atoms with E-state index in [4.69, 9.17) is 0 Å². The highest BCUT2D eigenvalue weighted by Gasteiger charge is 2.19. The van der Waals surface area contributed by atoms with Gasteiger partial charge in [-0.05, 0) is 36.5 Å². The third-order valence-electron chi connectivity index (χ3n) is 4.08. The Kier molecular flexibility index (Phi) is 4.24. The van der Waals surface area contributed by atoms with Crippen LogP contribution < -0.4 is 0 Å². The summed E-state index contributed by atoms with van der Waals surface area (Å²) in [6, 6.07) is 10.2. The lowest BCUT2D eigenvalue weighted by molar-refractivity contribution is 0.0889. The van der Waals surface area contributed by atoms with Crippen molar-refractivity contribution in [2.75, 3.05) is 0 Å². The molecule has 0 amide bonds. The molecule has 1 atom stereocenters. The predicted octanol–water partition coefficient (Wildman–Crippen LogP) is 4.07. The van der Waals surface area contributed by atoms with E-state index in [0.29, 0.717) is 11.6 Å². The van der Waals surface area contributed by atoms with Gasteiger partial charge in [0.2, 0.25) is 5.91 Å². The number of aromatic nitrogens is 3. The van der Waals surface area contributed by atoms with Crippen LogP contribution >= 0.6 is 0 Å². The zero-order valence-electron chi connectivity index (χ0n) is 13.7. The molecule has 1 aromatic carbocycles. The zero-order chi connectivity index (χ0) is 16.4. The largest absolute Gasteiger partial charge is 0.273 e. The molecule has 0 saturated carbocycles. The fourth-order valence-corrected chi connectivity index (χ4v) is 2.82. The van der Waals surface area contributed by atoms with E-state index in [2.05, 4.69) is 48.1 Å². The molecule has 0 bridgehead atoms. The van der Waals surface area contributed by atoms with Gasteiger partial charge in [-0.3, -0.25) is 9.36 Å². The van der Waals surface area contributed by atoms with Crippen molar-refractivity contribution < 1.29 is 4.79 Å². The maximum Gasteiger partial charge on any atom is 0.239 e. The third-order valence-corrected chi connectivity index (χ3v) is 4.08. The molecule has 2 aromatic heterocycles. The maximum absolute atomic E-state index is 12.8. The van der Waals surface area contributed by atoms with E-state index in [-0.39, 0.29) is 11.8 Å². The molecular formula is C19H21N3O. The van der Waals surface area contributed by atoms with Crippen LogP contribution in [0.4, 0.5) is 0 Å². The van der Waals surface area contributed by atoms with Crippen LogP contribution in [0, 0.1) is 5.92 Å². The summed E-state index contributed by atoms with van der Waals surface area (Å²) in [5.74, 6) is 0.440. The van der Waals surface area contributed by atoms with Crippen LogP contribution in [0.2, 0.25) is 0 Å². The Morgan fingerprint density at radius 2 is 1.87 bits per heavy atom. The Morgan fingerprint density at radius 3 is 2.57 bits per heavy atom. The van der Waals surface area contributed by atoms with Crippen LogP contribution in [0.1, 0.15) is 42.6 Å². The molecule has 0 saturated heterocycles. The van der Waals surface area contributed by atoms with E-state index < -0.39 is 0 Å². The quantitative estimate of drug-likeness (QED) is 0.730. The van der Waals surface area contributed by atoms with Crippen molar-refractivity contribution in [1.29, 1.82) is 0 Å². The molecule has 3 aromatic rings. The Balaban J connectivity index is 1.84. The van der Waals surface area contributed by atoms with E-state index in [1.165, 1.54) is 11.9 Å². The lowest BCUT2D eigenvalue weighted by Crippen LogP contribution is -2.17. The SMILES string of the molecule is CC(C)Cc1ccc(C(C)C(=O)n2ccc3cncnc32)cc1. The van der Waals surface area contributed by atoms with Crippen molar-refractivity contribution in [2.24, 2.45) is 5.92 Å². The molecule has 0 N–H and O–H groups in total. The van der Waals surface area contributed by atoms with E-state index in [9.17, 15) is 4.79 Å². The lowest BCUT2D eigenvalue weighted by Gasteiger charge is -2.13. The van der Waals surface area contributed by atoms with Crippen LogP contribution in [0.15, 0.2) is 49.1 Å². The maximum atomic E-state index is 12.8. The second-order valence-corrected chi connectivity index (χ2v) is 6.39. The molecule has 2 heterocycles. The van der Waals surface area contributed by atoms with E-state index in [0.717, 1.165) is 17.4 Å². The van der Waals surface area contributed by atoms with Gasteiger partial charge in [-0.15, -0.1) is 0 Å². The first kappa shape index (κ1) is 15.4. The molecule has 0 aliphatic carbocycles. The number of carbonyl (C=O) groups is 1. The summed E-state index contributed by atoms with van der Waals surface area (Å²) in [4.78, 5) is 21.0. The van der Waals surface area contributed by atoms with Gasteiger partial charge in [0.15, 0.2) is 0 Å². The highest BCUT2D eigenvalue weighted by molar-refractivity contribution is 5.93. The zero-order valence-corrected chi connectivity index (χ0v) is 13.7. The average Bonchev–Trinajstić information content (AvgIpc) is 2.97. The van der Waals surface area contributed by atoms with Crippen LogP contribution in [0.3, 0.4) is 0 Å². The summed E-state index contributed by atoms with van der Waals surface area (Å²) in [7, 11) is 0. The standard InChI is InChI=1S/C19H21N3O/c1-13(2)10-15-4-6-16(7-5-15)14(3)19(23)22-9-8-17-11-20-12-21-18(17)22/h4-9,11-14H,10H2,1-3H3. The van der Waals surface area contributed by atoms with Crippen molar-refractivity contribution in [3.63, 3.8) is 0 Å². The van der Waals surface area contributed by atoms with Gasteiger partial charge in [-0.25, -0.2) is 9.97 Å². The highest BCUT2D eigenvalue weighted by Crippen LogP contribution is 2.21. The molecule has 0 fully saturated rings. The van der Waals surface area contributed by atoms with Gasteiger partial charge in [0.05, 0.1) is 5.92 Å². The fraction of sp³-hybridized carbons (Fsp3) is 0.316. The molecule has 0 aliphatic heterocycles. The van der Waals surface area contributed by atoms with E-state index in [1.54, 1.807) is 17.0 Å². The minimum Gasteiger partial charge on any atom is -0.273 e. The summed E-state index contributed by atoms with van der Waals surface area (Å²) in [5.41, 5.74) is 2.99. The van der Waals surface area contributed by atoms with Gasteiger partial charge in [0.25, 0.3) is 0 Å². The molecule has 3 rings (SSSR count). The molecule has 4 nitrogen and oxygen atoms in total. The van der Waals surface area contributed by atoms with Crippen molar-refractivity contribution in [2.45, 2.75) is 33.1 Å². The molecule has 23 heavy (non-hydrogen) atoms. The van der Waals surface area contributed by atoms with Gasteiger partial charge >= 0.3 is 0 Å². The number of benzene rings is 1. The average molecular weight is 307 g/mol. The second-order valence-electron chi connectivity index (χ2n) is 6.39. The number of carbonyl (C=O) groups excluding carboxylic acids is 1. The van der Waals surface area contributed by atoms with E-state index >= 15 is 0 Å². The Labute approximate surface area is 136 Å². The molecule has 4 heteroatoms.